The molecule has 0 aliphatic carbocycles. The molecule has 1 unspecified atom stereocenters. The van der Waals surface area contributed by atoms with E-state index in [0.29, 0.717) is 10.0 Å². The molecule has 0 aromatic heterocycles. The number of benzene rings is 1. The van der Waals surface area contributed by atoms with Crippen molar-refractivity contribution >= 4 is 43.6 Å². The molecule has 0 aliphatic heterocycles. The average Bonchev–Trinajstić information content (AvgIpc) is 2.15. The summed E-state index contributed by atoms with van der Waals surface area (Å²) in [6.07, 6.45) is 0. The molecule has 1 aromatic rings. The van der Waals surface area contributed by atoms with Gasteiger partial charge >= 0.3 is 5.97 Å². The third kappa shape index (κ3) is 3.14. The van der Waals surface area contributed by atoms with Crippen LogP contribution in [0.1, 0.15) is 27.7 Å². The van der Waals surface area contributed by atoms with Crippen molar-refractivity contribution in [2.45, 2.75) is 11.8 Å². The molecule has 1 rings (SSSR count). The fourth-order valence-corrected chi connectivity index (χ4v) is 1.89. The molecule has 15 heavy (non-hydrogen) atoms. The van der Waals surface area contributed by atoms with Crippen molar-refractivity contribution in [1.82, 2.24) is 0 Å². The van der Waals surface area contributed by atoms with E-state index >= 15 is 0 Å². The Hall–Kier alpha value is -0.680. The standard InChI is InChI=1S/C10H8Br2O3/c1-5(13)9(12)6-2-7(10(14)15)4-8(11)3-6/h2-4,9H,1H3,(H,14,15). The summed E-state index contributed by atoms with van der Waals surface area (Å²) in [5, 5.41) is 8.83. The van der Waals surface area contributed by atoms with Crippen LogP contribution in [-0.2, 0) is 4.79 Å². The van der Waals surface area contributed by atoms with E-state index in [1.807, 2.05) is 0 Å². The molecule has 1 N–H and O–H groups in total. The minimum absolute atomic E-state index is 0.0653. The largest absolute Gasteiger partial charge is 0.478 e. The van der Waals surface area contributed by atoms with Crippen LogP contribution >= 0.6 is 31.9 Å². The van der Waals surface area contributed by atoms with Crippen molar-refractivity contribution < 1.29 is 14.7 Å². The Morgan fingerprint density at radius 1 is 1.33 bits per heavy atom. The number of carboxylic acid groups (broad SMARTS) is 1. The highest BCUT2D eigenvalue weighted by molar-refractivity contribution is 9.10. The second-order valence-electron chi connectivity index (χ2n) is 3.05. The van der Waals surface area contributed by atoms with Crippen molar-refractivity contribution in [3.63, 3.8) is 0 Å². The molecule has 0 fully saturated rings. The molecular weight excluding hydrogens is 328 g/mol. The minimum Gasteiger partial charge on any atom is -0.478 e. The molecule has 0 radical (unpaired) electrons. The van der Waals surface area contributed by atoms with Crippen molar-refractivity contribution in [3.8, 4) is 0 Å². The highest BCUT2D eigenvalue weighted by Gasteiger charge is 2.15. The first-order chi connectivity index (χ1) is 6.91. The van der Waals surface area contributed by atoms with Gasteiger partial charge in [-0.3, -0.25) is 4.79 Å². The molecular formula is C10H8Br2O3. The van der Waals surface area contributed by atoms with Gasteiger partial charge in [0.05, 0.1) is 10.4 Å². The van der Waals surface area contributed by atoms with E-state index < -0.39 is 10.8 Å². The Morgan fingerprint density at radius 3 is 2.40 bits per heavy atom. The Balaban J connectivity index is 3.20. The zero-order valence-corrected chi connectivity index (χ0v) is 11.0. The molecule has 0 aliphatic rings. The quantitative estimate of drug-likeness (QED) is 0.863. The third-order valence-corrected chi connectivity index (χ3v) is 3.45. The number of carbonyl (C=O) groups is 2. The zero-order valence-electron chi connectivity index (χ0n) is 7.83. The SMILES string of the molecule is CC(=O)C(Br)c1cc(Br)cc(C(=O)O)c1. The monoisotopic (exact) mass is 334 g/mol. The van der Waals surface area contributed by atoms with E-state index in [1.165, 1.54) is 19.1 Å². The highest BCUT2D eigenvalue weighted by Crippen LogP contribution is 2.27. The van der Waals surface area contributed by atoms with Crippen LogP contribution in [-0.4, -0.2) is 16.9 Å². The van der Waals surface area contributed by atoms with E-state index in [0.717, 1.165) is 0 Å². The smallest absolute Gasteiger partial charge is 0.335 e. The average molecular weight is 336 g/mol. The van der Waals surface area contributed by atoms with Crippen LogP contribution in [0.2, 0.25) is 0 Å². The van der Waals surface area contributed by atoms with Gasteiger partial charge in [-0.05, 0) is 30.7 Å². The number of carbonyl (C=O) groups excluding carboxylic acids is 1. The third-order valence-electron chi connectivity index (χ3n) is 1.82. The summed E-state index contributed by atoms with van der Waals surface area (Å²) in [4.78, 5) is 21.4. The van der Waals surface area contributed by atoms with Gasteiger partial charge in [-0.1, -0.05) is 31.9 Å². The Labute approximate surface area is 104 Å². The van der Waals surface area contributed by atoms with Gasteiger partial charge in [-0.2, -0.15) is 0 Å². The van der Waals surface area contributed by atoms with Gasteiger partial charge in [0.2, 0.25) is 0 Å². The van der Waals surface area contributed by atoms with E-state index in [9.17, 15) is 9.59 Å². The van der Waals surface area contributed by atoms with Crippen molar-refractivity contribution in [2.75, 3.05) is 0 Å². The first-order valence-corrected chi connectivity index (χ1v) is 5.81. The van der Waals surface area contributed by atoms with E-state index in [4.69, 9.17) is 5.11 Å². The van der Waals surface area contributed by atoms with Crippen molar-refractivity contribution in [1.29, 1.82) is 0 Å². The van der Waals surface area contributed by atoms with Gasteiger partial charge in [-0.25, -0.2) is 4.79 Å². The number of Topliss-reactive ketones (excluding diaryl/α,β-unsaturated/α-hetero) is 1. The lowest BCUT2D eigenvalue weighted by Crippen LogP contribution is -2.04. The number of hydrogen-bond donors (Lipinski definition) is 1. The molecule has 1 aromatic carbocycles. The molecule has 0 saturated heterocycles. The number of hydrogen-bond acceptors (Lipinski definition) is 2. The molecule has 0 bridgehead atoms. The summed E-state index contributed by atoms with van der Waals surface area (Å²) >= 11 is 6.41. The molecule has 0 spiro atoms. The molecule has 0 saturated carbocycles. The zero-order chi connectivity index (χ0) is 11.6. The number of halogens is 2. The number of aromatic carboxylic acids is 1. The Kier molecular flexibility index (Phi) is 4.04. The van der Waals surface area contributed by atoms with Gasteiger partial charge in [0.15, 0.2) is 0 Å². The van der Waals surface area contributed by atoms with Gasteiger partial charge < -0.3 is 5.11 Å². The number of rotatable bonds is 3. The lowest BCUT2D eigenvalue weighted by Gasteiger charge is -2.08. The van der Waals surface area contributed by atoms with Gasteiger partial charge in [-0.15, -0.1) is 0 Å². The van der Waals surface area contributed by atoms with E-state index in [1.54, 1.807) is 6.07 Å². The van der Waals surface area contributed by atoms with Gasteiger partial charge in [0.25, 0.3) is 0 Å². The molecule has 5 heteroatoms. The Morgan fingerprint density at radius 2 is 1.93 bits per heavy atom. The first kappa shape index (κ1) is 12.4. The predicted molar refractivity (Wildman–Crippen MR) is 63.5 cm³/mol. The second kappa shape index (κ2) is 4.90. The van der Waals surface area contributed by atoms with Crippen molar-refractivity contribution in [2.24, 2.45) is 0 Å². The van der Waals surface area contributed by atoms with E-state index in [-0.39, 0.29) is 11.3 Å². The van der Waals surface area contributed by atoms with Crippen LogP contribution in [0.25, 0.3) is 0 Å². The van der Waals surface area contributed by atoms with Crippen LogP contribution in [0, 0.1) is 0 Å². The maximum atomic E-state index is 11.1. The molecule has 0 amide bonds. The topological polar surface area (TPSA) is 54.4 Å². The number of alkyl halides is 1. The van der Waals surface area contributed by atoms with Crippen LogP contribution in [0.15, 0.2) is 22.7 Å². The maximum Gasteiger partial charge on any atom is 0.335 e. The van der Waals surface area contributed by atoms with E-state index in [2.05, 4.69) is 31.9 Å². The molecule has 1 atom stereocenters. The predicted octanol–water partition coefficient (Wildman–Crippen LogP) is 3.17. The Bertz CT molecular complexity index is 415. The lowest BCUT2D eigenvalue weighted by molar-refractivity contribution is -0.116. The maximum absolute atomic E-state index is 11.1. The summed E-state index contributed by atoms with van der Waals surface area (Å²) in [6, 6.07) is 4.69. The molecule has 80 valence electrons. The fraction of sp³-hybridized carbons (Fsp3) is 0.200. The van der Waals surface area contributed by atoms with Crippen LogP contribution < -0.4 is 0 Å². The lowest BCUT2D eigenvalue weighted by atomic mass is 10.1. The normalized spacial score (nSPS) is 12.2. The van der Waals surface area contributed by atoms with Crippen molar-refractivity contribution in [3.05, 3.63) is 33.8 Å². The van der Waals surface area contributed by atoms with Crippen LogP contribution in [0.3, 0.4) is 0 Å². The summed E-state index contributed by atoms with van der Waals surface area (Å²) < 4.78 is 0.642. The highest BCUT2D eigenvalue weighted by atomic mass is 79.9. The second-order valence-corrected chi connectivity index (χ2v) is 4.88. The molecule has 3 nitrogen and oxygen atoms in total. The van der Waals surface area contributed by atoms with Gasteiger partial charge in [0.1, 0.15) is 5.78 Å². The minimum atomic E-state index is -1.01. The van der Waals surface area contributed by atoms with Gasteiger partial charge in [0, 0.05) is 4.47 Å². The van der Waals surface area contributed by atoms with Crippen LogP contribution in [0.4, 0.5) is 0 Å². The summed E-state index contributed by atoms with van der Waals surface area (Å²) in [7, 11) is 0. The van der Waals surface area contributed by atoms with Crippen LogP contribution in [0.5, 0.6) is 0 Å². The fourth-order valence-electron chi connectivity index (χ4n) is 1.12. The number of carboxylic acids is 1. The summed E-state index contributed by atoms with van der Waals surface area (Å²) in [6.45, 7) is 1.45. The summed E-state index contributed by atoms with van der Waals surface area (Å²) in [5.74, 6) is -1.08. The molecule has 0 heterocycles. The summed E-state index contributed by atoms with van der Waals surface area (Å²) in [5.41, 5.74) is 0.791. The number of ketones is 1. The first-order valence-electron chi connectivity index (χ1n) is 4.10.